The van der Waals surface area contributed by atoms with E-state index < -0.39 is 128 Å². The van der Waals surface area contributed by atoms with Crippen molar-refractivity contribution in [3.63, 3.8) is 0 Å². The highest BCUT2D eigenvalue weighted by atomic mass is 35.5. The van der Waals surface area contributed by atoms with Gasteiger partial charge < -0.3 is 0 Å². The van der Waals surface area contributed by atoms with Gasteiger partial charge in [0, 0.05) is 16.7 Å². The maximum absolute atomic E-state index is 12.0. The molecule has 0 saturated heterocycles. The monoisotopic (exact) mass is 891 g/mol. The highest BCUT2D eigenvalue weighted by Gasteiger charge is 2.41. The van der Waals surface area contributed by atoms with Gasteiger partial charge in [0.05, 0.1) is 66.2 Å². The zero-order valence-corrected chi connectivity index (χ0v) is 30.6. The minimum atomic E-state index is -5.20. The third-order valence-electron chi connectivity index (χ3n) is 5.19. The summed E-state index contributed by atoms with van der Waals surface area (Å²) in [5.41, 5.74) is -2.01. The predicted octanol–water partition coefficient (Wildman–Crippen LogP) is 10.3. The number of hydrogen-bond acceptors (Lipinski definition) is 6. The molecule has 0 heterocycles. The van der Waals surface area contributed by atoms with E-state index in [1.807, 2.05) is 0 Å². The Morgan fingerprint density at radius 1 is 0.326 bits per heavy atom. The molecule has 0 fully saturated rings. The topological polar surface area (TPSA) is 163 Å². The van der Waals surface area contributed by atoms with Gasteiger partial charge in [-0.1, -0.05) is 139 Å². The molecule has 0 atom stereocenters. The van der Waals surface area contributed by atoms with Crippen LogP contribution in [-0.2, 0) is 30.4 Å². The Hall–Kier alpha value is 0.870. The quantitative estimate of drug-likeness (QED) is 0.124. The summed E-state index contributed by atoms with van der Waals surface area (Å²) in [4.78, 5) is -3.50. The standard InChI is InChI=1S/C19H3Cl12O9S3/c20-5-2(6(21)12(27)17(11(5)26)41(32,33)34)1(3-7(22)13(28)18(42(35,36)37)14(29)8(3)23)4-9(24)15(30)19(43(38,39)40)16(31)10(4)25/h(H,32,33,34)(H,35,36,37)(H,38,39,40). The van der Waals surface area contributed by atoms with Gasteiger partial charge in [0.2, 0.25) is 0 Å². The molecule has 0 unspecified atom stereocenters. The summed E-state index contributed by atoms with van der Waals surface area (Å²) in [6, 6.07) is 0. The Kier molecular flexibility index (Phi) is 11.6. The average Bonchev–Trinajstić information content (AvgIpc) is 2.83. The summed E-state index contributed by atoms with van der Waals surface area (Å²) in [6.45, 7) is 0. The van der Waals surface area contributed by atoms with Crippen molar-refractivity contribution in [1.82, 2.24) is 0 Å². The van der Waals surface area contributed by atoms with Gasteiger partial charge >= 0.3 is 0 Å². The van der Waals surface area contributed by atoms with E-state index in [1.54, 1.807) is 0 Å². The maximum atomic E-state index is 12.0. The summed E-state index contributed by atoms with van der Waals surface area (Å²) in [5.74, 6) is -0.693. The summed E-state index contributed by atoms with van der Waals surface area (Å²) in [5, 5.41) is -10.8. The van der Waals surface area contributed by atoms with Crippen LogP contribution in [0.25, 0.3) is 0 Å². The van der Waals surface area contributed by atoms with Crippen LogP contribution in [-0.4, -0.2) is 38.9 Å². The van der Waals surface area contributed by atoms with Gasteiger partial charge in [-0.15, -0.1) is 0 Å². The van der Waals surface area contributed by atoms with Crippen LogP contribution in [0.3, 0.4) is 0 Å². The van der Waals surface area contributed by atoms with Crippen LogP contribution in [0.5, 0.6) is 0 Å². The molecule has 235 valence electrons. The molecular formula is C19H3Cl12O9S3. The van der Waals surface area contributed by atoms with E-state index in [1.165, 1.54) is 0 Å². The highest BCUT2D eigenvalue weighted by molar-refractivity contribution is 7.86. The van der Waals surface area contributed by atoms with Crippen LogP contribution < -0.4 is 0 Å². The molecule has 0 spiro atoms. The maximum Gasteiger partial charge on any atom is 0.297 e. The van der Waals surface area contributed by atoms with Crippen LogP contribution >= 0.6 is 139 Å². The van der Waals surface area contributed by atoms with E-state index >= 15 is 0 Å². The molecular weight excluding hydrogens is 894 g/mol. The van der Waals surface area contributed by atoms with Crippen LogP contribution in [0.1, 0.15) is 16.7 Å². The molecule has 0 bridgehead atoms. The van der Waals surface area contributed by atoms with E-state index in [0.29, 0.717) is 0 Å². The first kappa shape index (κ1) is 38.3. The molecule has 0 amide bonds. The van der Waals surface area contributed by atoms with Gasteiger partial charge in [-0.2, -0.15) is 25.3 Å². The van der Waals surface area contributed by atoms with Crippen molar-refractivity contribution in [2.45, 2.75) is 14.7 Å². The van der Waals surface area contributed by atoms with Crippen molar-refractivity contribution >= 4 is 170 Å². The van der Waals surface area contributed by atoms with E-state index in [2.05, 4.69) is 0 Å². The van der Waals surface area contributed by atoms with Crippen molar-refractivity contribution in [1.29, 1.82) is 0 Å². The summed E-state index contributed by atoms with van der Waals surface area (Å²) in [7, 11) is -15.6. The molecule has 3 N–H and O–H groups in total. The van der Waals surface area contributed by atoms with E-state index in [4.69, 9.17) is 139 Å². The molecule has 24 heteroatoms. The molecule has 3 aromatic carbocycles. The van der Waals surface area contributed by atoms with Gasteiger partial charge in [-0.05, 0) is 0 Å². The second-order valence-electron chi connectivity index (χ2n) is 7.68. The smallest absolute Gasteiger partial charge is 0.282 e. The van der Waals surface area contributed by atoms with Crippen molar-refractivity contribution in [2.75, 3.05) is 0 Å². The SMILES string of the molecule is O=S(=O)(O)c1c(Cl)c(Cl)c([C](c2c(Cl)c(Cl)c(S(=O)(=O)O)c(Cl)c2Cl)c2c(Cl)c(Cl)c(S(=O)(=O)O)c(Cl)c2Cl)c(Cl)c1Cl. The third kappa shape index (κ3) is 6.77. The Bertz CT molecular complexity index is 1760. The largest absolute Gasteiger partial charge is 0.297 e. The van der Waals surface area contributed by atoms with Crippen molar-refractivity contribution in [2.24, 2.45) is 0 Å². The van der Waals surface area contributed by atoms with Crippen LogP contribution in [0, 0.1) is 5.92 Å². The molecule has 9 nitrogen and oxygen atoms in total. The molecule has 43 heavy (non-hydrogen) atoms. The first-order valence-corrected chi connectivity index (χ1v) is 18.5. The Balaban J connectivity index is 2.80. The normalized spacial score (nSPS) is 12.8. The third-order valence-corrected chi connectivity index (χ3v) is 13.8. The van der Waals surface area contributed by atoms with Crippen molar-refractivity contribution < 1.29 is 38.9 Å². The zero-order chi connectivity index (χ0) is 33.5. The fourth-order valence-corrected chi connectivity index (χ4v) is 10.7. The number of halogens is 12. The zero-order valence-electron chi connectivity index (χ0n) is 19.1. The molecule has 0 aliphatic carbocycles. The average molecular weight is 897 g/mol. The molecule has 3 aromatic rings. The van der Waals surface area contributed by atoms with E-state index in [0.717, 1.165) is 0 Å². The molecule has 0 saturated carbocycles. The fraction of sp³-hybridized carbons (Fsp3) is 0. The van der Waals surface area contributed by atoms with Gasteiger partial charge in [-0.3, -0.25) is 13.7 Å². The minimum Gasteiger partial charge on any atom is -0.282 e. The summed E-state index contributed by atoms with van der Waals surface area (Å²) in [6.07, 6.45) is 0. The van der Waals surface area contributed by atoms with Crippen LogP contribution in [0.4, 0.5) is 0 Å². The Morgan fingerprint density at radius 2 is 0.465 bits per heavy atom. The number of hydrogen-bond donors (Lipinski definition) is 3. The van der Waals surface area contributed by atoms with E-state index in [9.17, 15) is 38.9 Å². The predicted molar refractivity (Wildman–Crippen MR) is 169 cm³/mol. The lowest BCUT2D eigenvalue weighted by Gasteiger charge is -2.28. The van der Waals surface area contributed by atoms with Gasteiger partial charge in [0.25, 0.3) is 30.4 Å². The molecule has 3 rings (SSSR count). The summed E-state index contributed by atoms with van der Waals surface area (Å²) >= 11 is 75.3. The molecule has 0 aromatic heterocycles. The first-order valence-electron chi connectivity index (χ1n) is 9.68. The van der Waals surface area contributed by atoms with Gasteiger partial charge in [0.1, 0.15) is 14.7 Å². The Labute approximate surface area is 302 Å². The second-order valence-corrected chi connectivity index (χ2v) is 16.3. The highest BCUT2D eigenvalue weighted by Crippen LogP contribution is 2.57. The van der Waals surface area contributed by atoms with Crippen LogP contribution in [0.15, 0.2) is 14.7 Å². The van der Waals surface area contributed by atoms with E-state index in [-0.39, 0.29) is 0 Å². The molecule has 0 aliphatic rings. The number of benzene rings is 3. The summed E-state index contributed by atoms with van der Waals surface area (Å²) < 4.78 is 101. The molecule has 1 radical (unpaired) electrons. The Morgan fingerprint density at radius 3 is 0.581 bits per heavy atom. The molecule has 0 aliphatic heterocycles. The second kappa shape index (κ2) is 13.1. The number of rotatable bonds is 6. The lowest BCUT2D eigenvalue weighted by atomic mass is 9.84. The minimum absolute atomic E-state index is 0.670. The van der Waals surface area contributed by atoms with Crippen molar-refractivity contribution in [3.8, 4) is 0 Å². The van der Waals surface area contributed by atoms with Crippen molar-refractivity contribution in [3.05, 3.63) is 82.9 Å². The first-order chi connectivity index (χ1) is 19.3. The van der Waals surface area contributed by atoms with Gasteiger partial charge in [-0.25, -0.2) is 0 Å². The van der Waals surface area contributed by atoms with Gasteiger partial charge in [0.15, 0.2) is 0 Å². The lowest BCUT2D eigenvalue weighted by molar-refractivity contribution is 0.481. The lowest BCUT2D eigenvalue weighted by Crippen LogP contribution is -2.15. The fourth-order valence-electron chi connectivity index (χ4n) is 3.55. The van der Waals surface area contributed by atoms with Crippen LogP contribution in [0.2, 0.25) is 60.3 Å².